The quantitative estimate of drug-likeness (QED) is 0.617. The van der Waals surface area contributed by atoms with Gasteiger partial charge in [-0.3, -0.25) is 0 Å². The number of amides is 2. The highest BCUT2D eigenvalue weighted by Gasteiger charge is 2.39. The first-order valence-corrected chi connectivity index (χ1v) is 5.93. The molecule has 6 nitrogen and oxygen atoms in total. The van der Waals surface area contributed by atoms with Gasteiger partial charge in [0.2, 0.25) is 0 Å². The predicted octanol–water partition coefficient (Wildman–Crippen LogP) is 0.0177. The maximum atomic E-state index is 11.9. The van der Waals surface area contributed by atoms with Crippen LogP contribution in [-0.2, 0) is 4.79 Å². The SMILES string of the molecule is C#CC(CCC)NC(=O)N1C[C@H](O)C[C@@H]1C(=O)O. The van der Waals surface area contributed by atoms with Crippen LogP contribution in [-0.4, -0.2) is 51.8 Å². The van der Waals surface area contributed by atoms with Crippen molar-refractivity contribution in [1.82, 2.24) is 10.2 Å². The van der Waals surface area contributed by atoms with Crippen LogP contribution in [0.5, 0.6) is 0 Å². The van der Waals surface area contributed by atoms with Crippen molar-refractivity contribution < 1.29 is 19.8 Å². The molecule has 0 spiro atoms. The summed E-state index contributed by atoms with van der Waals surface area (Å²) in [6.45, 7) is 1.96. The van der Waals surface area contributed by atoms with Gasteiger partial charge in [-0.15, -0.1) is 6.42 Å². The monoisotopic (exact) mass is 254 g/mol. The minimum absolute atomic E-state index is 0.0201. The highest BCUT2D eigenvalue weighted by molar-refractivity contribution is 5.83. The number of rotatable bonds is 4. The lowest BCUT2D eigenvalue weighted by molar-refractivity contribution is -0.141. The van der Waals surface area contributed by atoms with Gasteiger partial charge in [-0.2, -0.15) is 0 Å². The third-order valence-electron chi connectivity index (χ3n) is 2.90. The molecule has 3 N–H and O–H groups in total. The number of terminal acetylenes is 1. The van der Waals surface area contributed by atoms with Gasteiger partial charge >= 0.3 is 12.0 Å². The Hall–Kier alpha value is -1.74. The summed E-state index contributed by atoms with van der Waals surface area (Å²) in [5.74, 6) is 1.33. The number of likely N-dealkylation sites (tertiary alicyclic amines) is 1. The van der Waals surface area contributed by atoms with Gasteiger partial charge < -0.3 is 20.4 Å². The van der Waals surface area contributed by atoms with Crippen LogP contribution >= 0.6 is 0 Å². The van der Waals surface area contributed by atoms with E-state index in [1.54, 1.807) is 0 Å². The second-order valence-electron chi connectivity index (χ2n) is 4.35. The van der Waals surface area contributed by atoms with Crippen molar-refractivity contribution in [2.24, 2.45) is 0 Å². The van der Waals surface area contributed by atoms with Gasteiger partial charge in [0.25, 0.3) is 0 Å². The lowest BCUT2D eigenvalue weighted by Crippen LogP contribution is -2.49. The number of aliphatic carboxylic acids is 1. The summed E-state index contributed by atoms with van der Waals surface area (Å²) in [7, 11) is 0. The average molecular weight is 254 g/mol. The fourth-order valence-corrected chi connectivity index (χ4v) is 1.99. The predicted molar refractivity (Wildman–Crippen MR) is 64.8 cm³/mol. The first-order valence-electron chi connectivity index (χ1n) is 5.93. The summed E-state index contributed by atoms with van der Waals surface area (Å²) in [6.07, 6.45) is 5.99. The standard InChI is InChI=1S/C12H18N2O4/c1-3-5-8(4-2)13-12(18)14-7-9(15)6-10(14)11(16)17/h2,8-10,15H,3,5-7H2,1H3,(H,13,18)(H,16,17)/t8?,9-,10-/m1/s1. The highest BCUT2D eigenvalue weighted by Crippen LogP contribution is 2.18. The Labute approximate surface area is 106 Å². The summed E-state index contributed by atoms with van der Waals surface area (Å²) in [4.78, 5) is 24.0. The highest BCUT2D eigenvalue weighted by atomic mass is 16.4. The number of aliphatic hydroxyl groups is 1. The number of carbonyl (C=O) groups is 2. The first-order chi connectivity index (χ1) is 8.49. The van der Waals surface area contributed by atoms with Crippen LogP contribution in [0.2, 0.25) is 0 Å². The largest absolute Gasteiger partial charge is 0.480 e. The number of nitrogens with zero attached hydrogens (tertiary/aromatic N) is 1. The minimum Gasteiger partial charge on any atom is -0.480 e. The Kier molecular flexibility index (Phi) is 4.98. The molecule has 18 heavy (non-hydrogen) atoms. The number of β-amino-alcohol motifs (C(OH)–C–C–N with tert-alkyl or cyclic N) is 1. The molecule has 100 valence electrons. The molecule has 1 heterocycles. The summed E-state index contributed by atoms with van der Waals surface area (Å²) in [5, 5.41) is 21.0. The van der Waals surface area contributed by atoms with E-state index in [4.69, 9.17) is 11.5 Å². The van der Waals surface area contributed by atoms with Gasteiger partial charge in [-0.25, -0.2) is 9.59 Å². The maximum absolute atomic E-state index is 11.9. The van der Waals surface area contributed by atoms with Crippen LogP contribution < -0.4 is 5.32 Å². The van der Waals surface area contributed by atoms with Crippen molar-refractivity contribution in [1.29, 1.82) is 0 Å². The normalized spacial score (nSPS) is 24.4. The summed E-state index contributed by atoms with van der Waals surface area (Å²) < 4.78 is 0. The fourth-order valence-electron chi connectivity index (χ4n) is 1.99. The van der Waals surface area contributed by atoms with Crippen LogP contribution in [0, 0.1) is 12.3 Å². The van der Waals surface area contributed by atoms with Gasteiger partial charge in [0.1, 0.15) is 6.04 Å². The maximum Gasteiger partial charge on any atom is 0.326 e. The molecule has 1 aliphatic heterocycles. The second kappa shape index (κ2) is 6.26. The number of nitrogens with one attached hydrogen (secondary N) is 1. The van der Waals surface area contributed by atoms with Crippen molar-refractivity contribution in [3.63, 3.8) is 0 Å². The first kappa shape index (κ1) is 14.3. The lowest BCUT2D eigenvalue weighted by Gasteiger charge is -2.23. The Bertz CT molecular complexity index is 364. The van der Waals surface area contributed by atoms with E-state index in [9.17, 15) is 14.7 Å². The van der Waals surface area contributed by atoms with E-state index in [-0.39, 0.29) is 13.0 Å². The smallest absolute Gasteiger partial charge is 0.326 e. The Morgan fingerprint density at radius 2 is 2.28 bits per heavy atom. The molecule has 3 atom stereocenters. The Morgan fingerprint density at radius 1 is 1.61 bits per heavy atom. The molecule has 2 amide bonds. The second-order valence-corrected chi connectivity index (χ2v) is 4.35. The number of aliphatic hydroxyl groups excluding tert-OH is 1. The van der Waals surface area contributed by atoms with Gasteiger partial charge in [0.05, 0.1) is 12.1 Å². The molecule has 0 aliphatic carbocycles. The van der Waals surface area contributed by atoms with E-state index in [2.05, 4.69) is 11.2 Å². The molecule has 0 aromatic rings. The molecule has 1 saturated heterocycles. The van der Waals surface area contributed by atoms with Crippen molar-refractivity contribution in [2.75, 3.05) is 6.54 Å². The summed E-state index contributed by atoms with van der Waals surface area (Å²) in [6, 6.07) is -1.93. The molecule has 1 fully saturated rings. The number of carbonyl (C=O) groups excluding carboxylic acids is 1. The third kappa shape index (κ3) is 3.37. The number of hydrogen-bond donors (Lipinski definition) is 3. The number of hydrogen-bond acceptors (Lipinski definition) is 3. The summed E-state index contributed by atoms with van der Waals surface area (Å²) in [5.41, 5.74) is 0. The van der Waals surface area contributed by atoms with Crippen LogP contribution in [0.4, 0.5) is 4.79 Å². The van der Waals surface area contributed by atoms with Gasteiger partial charge in [-0.05, 0) is 6.42 Å². The molecule has 0 aromatic carbocycles. The third-order valence-corrected chi connectivity index (χ3v) is 2.90. The molecule has 1 unspecified atom stereocenters. The zero-order valence-electron chi connectivity index (χ0n) is 10.3. The molecule has 0 aromatic heterocycles. The van der Waals surface area contributed by atoms with E-state index in [0.717, 1.165) is 11.3 Å². The zero-order valence-corrected chi connectivity index (χ0v) is 10.3. The molecule has 0 saturated carbocycles. The topological polar surface area (TPSA) is 89.9 Å². The zero-order chi connectivity index (χ0) is 13.7. The number of urea groups is 1. The van der Waals surface area contributed by atoms with Crippen LogP contribution in [0.3, 0.4) is 0 Å². The van der Waals surface area contributed by atoms with Crippen molar-refractivity contribution in [3.8, 4) is 12.3 Å². The molecular weight excluding hydrogens is 236 g/mol. The molecule has 0 radical (unpaired) electrons. The fraction of sp³-hybridized carbons (Fsp3) is 0.667. The molecule has 1 aliphatic rings. The van der Waals surface area contributed by atoms with Crippen LogP contribution in [0.25, 0.3) is 0 Å². The van der Waals surface area contributed by atoms with E-state index >= 15 is 0 Å². The number of carboxylic acids is 1. The Morgan fingerprint density at radius 3 is 2.78 bits per heavy atom. The van der Waals surface area contributed by atoms with E-state index in [1.165, 1.54) is 0 Å². The average Bonchev–Trinajstić information content (AvgIpc) is 2.71. The molecule has 0 bridgehead atoms. The van der Waals surface area contributed by atoms with Crippen LogP contribution in [0.1, 0.15) is 26.2 Å². The van der Waals surface area contributed by atoms with Crippen molar-refractivity contribution in [3.05, 3.63) is 0 Å². The molecular formula is C12H18N2O4. The van der Waals surface area contributed by atoms with E-state index in [1.807, 2.05) is 6.92 Å². The van der Waals surface area contributed by atoms with Gasteiger partial charge in [0.15, 0.2) is 0 Å². The minimum atomic E-state index is -1.12. The molecule has 6 heteroatoms. The summed E-state index contributed by atoms with van der Waals surface area (Å²) >= 11 is 0. The van der Waals surface area contributed by atoms with E-state index < -0.39 is 30.2 Å². The lowest BCUT2D eigenvalue weighted by atomic mass is 10.2. The van der Waals surface area contributed by atoms with Crippen molar-refractivity contribution in [2.45, 2.75) is 44.4 Å². The van der Waals surface area contributed by atoms with E-state index in [0.29, 0.717) is 6.42 Å². The van der Waals surface area contributed by atoms with Gasteiger partial charge in [-0.1, -0.05) is 19.3 Å². The molecule has 1 rings (SSSR count). The van der Waals surface area contributed by atoms with Crippen molar-refractivity contribution >= 4 is 12.0 Å². The van der Waals surface area contributed by atoms with Crippen LogP contribution in [0.15, 0.2) is 0 Å². The Balaban J connectivity index is 2.65. The van der Waals surface area contributed by atoms with Gasteiger partial charge in [0, 0.05) is 13.0 Å². The number of carboxylic acid groups (broad SMARTS) is 1.